The Morgan fingerprint density at radius 2 is 1.89 bits per heavy atom. The highest BCUT2D eigenvalue weighted by atomic mass is 15.2. The summed E-state index contributed by atoms with van der Waals surface area (Å²) in [6.07, 6.45) is 9.62. The standard InChI is InChI=1S/C16H32N2/c1-13-8-5-4-6-11-18(13)12-14-9-7-10-16(2,3)15(14)17/h13-15H,4-12,17H2,1-3H3. The molecule has 3 atom stereocenters. The van der Waals surface area contributed by atoms with Gasteiger partial charge in [0.15, 0.2) is 0 Å². The Hall–Kier alpha value is -0.0800. The monoisotopic (exact) mass is 252 g/mol. The summed E-state index contributed by atoms with van der Waals surface area (Å²) in [5, 5.41) is 0. The lowest BCUT2D eigenvalue weighted by molar-refractivity contribution is 0.0880. The van der Waals surface area contributed by atoms with Crippen LogP contribution in [0.2, 0.25) is 0 Å². The Morgan fingerprint density at radius 1 is 1.11 bits per heavy atom. The molecule has 106 valence electrons. The Balaban J connectivity index is 1.95. The first-order valence-electron chi connectivity index (χ1n) is 8.00. The van der Waals surface area contributed by atoms with Gasteiger partial charge in [-0.15, -0.1) is 0 Å². The Labute approximate surface area is 113 Å². The normalized spacial score (nSPS) is 38.3. The van der Waals surface area contributed by atoms with Crippen molar-refractivity contribution in [1.82, 2.24) is 4.90 Å². The van der Waals surface area contributed by atoms with E-state index in [9.17, 15) is 0 Å². The smallest absolute Gasteiger partial charge is 0.0131 e. The van der Waals surface area contributed by atoms with E-state index in [0.29, 0.717) is 17.4 Å². The van der Waals surface area contributed by atoms with Gasteiger partial charge in [0.2, 0.25) is 0 Å². The largest absolute Gasteiger partial charge is 0.327 e. The molecule has 0 spiro atoms. The van der Waals surface area contributed by atoms with Crippen molar-refractivity contribution in [1.29, 1.82) is 0 Å². The Morgan fingerprint density at radius 3 is 2.67 bits per heavy atom. The third-order valence-corrected chi connectivity index (χ3v) is 5.47. The lowest BCUT2D eigenvalue weighted by Crippen LogP contribution is -2.51. The van der Waals surface area contributed by atoms with Crippen LogP contribution in [0.4, 0.5) is 0 Å². The Bertz CT molecular complexity index is 262. The molecule has 1 saturated carbocycles. The minimum absolute atomic E-state index is 0.345. The molecule has 2 aliphatic rings. The van der Waals surface area contributed by atoms with Gasteiger partial charge in [-0.05, 0) is 50.5 Å². The van der Waals surface area contributed by atoms with Gasteiger partial charge in [-0.25, -0.2) is 0 Å². The van der Waals surface area contributed by atoms with E-state index in [1.807, 2.05) is 0 Å². The highest BCUT2D eigenvalue weighted by Crippen LogP contribution is 2.38. The van der Waals surface area contributed by atoms with Crippen LogP contribution in [-0.2, 0) is 0 Å². The van der Waals surface area contributed by atoms with Crippen molar-refractivity contribution in [2.24, 2.45) is 17.1 Å². The molecular weight excluding hydrogens is 220 g/mol. The van der Waals surface area contributed by atoms with Gasteiger partial charge in [-0.3, -0.25) is 0 Å². The predicted molar refractivity (Wildman–Crippen MR) is 78.6 cm³/mol. The van der Waals surface area contributed by atoms with Crippen LogP contribution < -0.4 is 5.73 Å². The Kier molecular flexibility index (Phi) is 4.71. The van der Waals surface area contributed by atoms with Crippen LogP contribution in [0.15, 0.2) is 0 Å². The van der Waals surface area contributed by atoms with Gasteiger partial charge in [0.25, 0.3) is 0 Å². The second-order valence-electron chi connectivity index (χ2n) is 7.36. The molecule has 2 nitrogen and oxygen atoms in total. The molecule has 0 radical (unpaired) electrons. The predicted octanol–water partition coefficient (Wildman–Crippen LogP) is 3.40. The van der Waals surface area contributed by atoms with E-state index in [0.717, 1.165) is 6.04 Å². The maximum absolute atomic E-state index is 6.53. The molecule has 0 aromatic heterocycles. The van der Waals surface area contributed by atoms with Crippen molar-refractivity contribution in [3.8, 4) is 0 Å². The quantitative estimate of drug-likeness (QED) is 0.816. The first-order valence-corrected chi connectivity index (χ1v) is 8.00. The second-order valence-corrected chi connectivity index (χ2v) is 7.36. The summed E-state index contributed by atoms with van der Waals surface area (Å²) in [6, 6.07) is 1.16. The van der Waals surface area contributed by atoms with E-state index >= 15 is 0 Å². The highest BCUT2D eigenvalue weighted by Gasteiger charge is 2.37. The molecular formula is C16H32N2. The lowest BCUT2D eigenvalue weighted by Gasteiger charge is -2.44. The fraction of sp³-hybridized carbons (Fsp3) is 1.00. The van der Waals surface area contributed by atoms with Gasteiger partial charge >= 0.3 is 0 Å². The number of nitrogens with zero attached hydrogens (tertiary/aromatic N) is 1. The van der Waals surface area contributed by atoms with Crippen LogP contribution in [0.5, 0.6) is 0 Å². The molecule has 0 aromatic rings. The molecule has 1 saturated heterocycles. The molecule has 2 rings (SSSR count). The van der Waals surface area contributed by atoms with Gasteiger partial charge < -0.3 is 10.6 Å². The van der Waals surface area contributed by atoms with Crippen LogP contribution in [0.1, 0.15) is 65.7 Å². The molecule has 2 N–H and O–H groups in total. The minimum Gasteiger partial charge on any atom is -0.327 e. The number of rotatable bonds is 2. The maximum Gasteiger partial charge on any atom is 0.0131 e. The summed E-state index contributed by atoms with van der Waals surface area (Å²) in [4.78, 5) is 2.72. The van der Waals surface area contributed by atoms with Crippen LogP contribution in [0.3, 0.4) is 0 Å². The average molecular weight is 252 g/mol. The molecule has 2 heteroatoms. The number of hydrogen-bond donors (Lipinski definition) is 1. The van der Waals surface area contributed by atoms with E-state index in [-0.39, 0.29) is 0 Å². The van der Waals surface area contributed by atoms with Gasteiger partial charge in [0.1, 0.15) is 0 Å². The van der Waals surface area contributed by atoms with Crippen LogP contribution in [0, 0.1) is 11.3 Å². The summed E-state index contributed by atoms with van der Waals surface area (Å²) in [5.74, 6) is 0.717. The molecule has 0 amide bonds. The van der Waals surface area contributed by atoms with E-state index < -0.39 is 0 Å². The lowest BCUT2D eigenvalue weighted by atomic mass is 9.68. The molecule has 3 unspecified atom stereocenters. The van der Waals surface area contributed by atoms with Gasteiger partial charge in [-0.1, -0.05) is 33.1 Å². The fourth-order valence-corrected chi connectivity index (χ4v) is 3.92. The third kappa shape index (κ3) is 3.27. The van der Waals surface area contributed by atoms with Crippen molar-refractivity contribution < 1.29 is 0 Å². The van der Waals surface area contributed by atoms with Crippen molar-refractivity contribution in [2.45, 2.75) is 77.8 Å². The fourth-order valence-electron chi connectivity index (χ4n) is 3.92. The summed E-state index contributed by atoms with van der Waals surface area (Å²) < 4.78 is 0. The molecule has 1 aliphatic heterocycles. The van der Waals surface area contributed by atoms with Crippen LogP contribution in [-0.4, -0.2) is 30.1 Å². The molecule has 0 aromatic carbocycles. The summed E-state index contributed by atoms with van der Waals surface area (Å²) in [6.45, 7) is 9.66. The zero-order valence-electron chi connectivity index (χ0n) is 12.6. The van der Waals surface area contributed by atoms with Crippen molar-refractivity contribution >= 4 is 0 Å². The zero-order valence-corrected chi connectivity index (χ0v) is 12.6. The van der Waals surface area contributed by atoms with Crippen LogP contribution in [0.25, 0.3) is 0 Å². The third-order valence-electron chi connectivity index (χ3n) is 5.47. The molecule has 18 heavy (non-hydrogen) atoms. The topological polar surface area (TPSA) is 29.3 Å². The highest BCUT2D eigenvalue weighted by molar-refractivity contribution is 4.93. The average Bonchev–Trinajstić information content (AvgIpc) is 2.51. The first-order chi connectivity index (χ1) is 8.50. The SMILES string of the molecule is CC1CCCCCN1CC1CCCC(C)(C)C1N. The maximum atomic E-state index is 6.53. The number of hydrogen-bond acceptors (Lipinski definition) is 2. The van der Waals surface area contributed by atoms with Crippen molar-refractivity contribution in [3.05, 3.63) is 0 Å². The van der Waals surface area contributed by atoms with Gasteiger partial charge in [-0.2, -0.15) is 0 Å². The molecule has 1 heterocycles. The van der Waals surface area contributed by atoms with Crippen molar-refractivity contribution in [2.75, 3.05) is 13.1 Å². The molecule has 0 bridgehead atoms. The van der Waals surface area contributed by atoms with E-state index in [1.54, 1.807) is 0 Å². The van der Waals surface area contributed by atoms with E-state index in [1.165, 1.54) is 58.0 Å². The minimum atomic E-state index is 0.345. The van der Waals surface area contributed by atoms with Gasteiger partial charge in [0, 0.05) is 18.6 Å². The number of likely N-dealkylation sites (tertiary alicyclic amines) is 1. The first kappa shape index (κ1) is 14.3. The second kappa shape index (κ2) is 5.92. The molecule has 2 fully saturated rings. The summed E-state index contributed by atoms with van der Waals surface area (Å²) in [5.41, 5.74) is 6.88. The number of nitrogens with two attached hydrogens (primary N) is 1. The van der Waals surface area contributed by atoms with Crippen LogP contribution >= 0.6 is 0 Å². The van der Waals surface area contributed by atoms with E-state index in [2.05, 4.69) is 25.7 Å². The summed E-state index contributed by atoms with van der Waals surface area (Å²) in [7, 11) is 0. The van der Waals surface area contributed by atoms with Gasteiger partial charge in [0.05, 0.1) is 0 Å². The van der Waals surface area contributed by atoms with E-state index in [4.69, 9.17) is 5.73 Å². The summed E-state index contributed by atoms with van der Waals surface area (Å²) >= 11 is 0. The molecule has 1 aliphatic carbocycles. The van der Waals surface area contributed by atoms with Crippen molar-refractivity contribution in [3.63, 3.8) is 0 Å². The zero-order chi connectivity index (χ0) is 13.2.